The summed E-state index contributed by atoms with van der Waals surface area (Å²) in [7, 11) is 0. The molecule has 0 spiro atoms. The number of hydrogen-bond acceptors (Lipinski definition) is 2. The van der Waals surface area contributed by atoms with Crippen LogP contribution in [0.2, 0.25) is 0 Å². The lowest BCUT2D eigenvalue weighted by Crippen LogP contribution is -2.36. The van der Waals surface area contributed by atoms with Crippen LogP contribution in [0.5, 0.6) is 0 Å². The SMILES string of the molecule is Cc1ccc(C(O)CN(CC2CC2)C(C)C)cc1. The number of aliphatic hydroxyl groups is 1. The van der Waals surface area contributed by atoms with Crippen LogP contribution in [0.3, 0.4) is 0 Å². The van der Waals surface area contributed by atoms with E-state index in [-0.39, 0.29) is 6.10 Å². The van der Waals surface area contributed by atoms with E-state index in [4.69, 9.17) is 0 Å². The van der Waals surface area contributed by atoms with Crippen LogP contribution in [0.15, 0.2) is 24.3 Å². The zero-order valence-electron chi connectivity index (χ0n) is 11.8. The number of aryl methyl sites for hydroxylation is 1. The standard InChI is InChI=1S/C16H25NO/c1-12(2)17(10-14-6-7-14)11-16(18)15-8-4-13(3)5-9-15/h4-5,8-9,12,14,16,18H,6-7,10-11H2,1-3H3. The summed E-state index contributed by atoms with van der Waals surface area (Å²) in [5.74, 6) is 0.873. The third kappa shape index (κ3) is 3.82. The summed E-state index contributed by atoms with van der Waals surface area (Å²) >= 11 is 0. The first kappa shape index (κ1) is 13.6. The molecule has 1 fully saturated rings. The van der Waals surface area contributed by atoms with Crippen LogP contribution in [0, 0.1) is 12.8 Å². The number of nitrogens with zero attached hydrogens (tertiary/aromatic N) is 1. The maximum Gasteiger partial charge on any atom is 0.0917 e. The lowest BCUT2D eigenvalue weighted by molar-refractivity contribution is 0.0923. The minimum Gasteiger partial charge on any atom is -0.387 e. The molecule has 2 heteroatoms. The Morgan fingerprint density at radius 1 is 1.22 bits per heavy atom. The highest BCUT2D eigenvalue weighted by atomic mass is 16.3. The van der Waals surface area contributed by atoms with Gasteiger partial charge in [-0.2, -0.15) is 0 Å². The highest BCUT2D eigenvalue weighted by Crippen LogP contribution is 2.31. The van der Waals surface area contributed by atoms with E-state index in [0.29, 0.717) is 6.04 Å². The number of benzene rings is 1. The summed E-state index contributed by atoms with van der Waals surface area (Å²) < 4.78 is 0. The van der Waals surface area contributed by atoms with Crippen LogP contribution in [0.4, 0.5) is 0 Å². The second-order valence-corrected chi connectivity index (χ2v) is 5.92. The third-order valence-corrected chi connectivity index (χ3v) is 3.79. The highest BCUT2D eigenvalue weighted by molar-refractivity contribution is 5.23. The molecule has 1 unspecified atom stereocenters. The number of hydrogen-bond donors (Lipinski definition) is 1. The Kier molecular flexibility index (Phi) is 4.41. The molecule has 0 radical (unpaired) electrons. The minimum absolute atomic E-state index is 0.369. The van der Waals surface area contributed by atoms with Gasteiger partial charge in [-0.05, 0) is 45.1 Å². The van der Waals surface area contributed by atoms with Crippen LogP contribution in [-0.4, -0.2) is 29.1 Å². The molecule has 0 aliphatic heterocycles. The quantitative estimate of drug-likeness (QED) is 0.834. The molecule has 0 amide bonds. The van der Waals surface area contributed by atoms with E-state index in [1.165, 1.54) is 18.4 Å². The molecule has 1 N–H and O–H groups in total. The van der Waals surface area contributed by atoms with Crippen LogP contribution >= 0.6 is 0 Å². The summed E-state index contributed by atoms with van der Waals surface area (Å²) in [4.78, 5) is 2.40. The monoisotopic (exact) mass is 247 g/mol. The lowest BCUT2D eigenvalue weighted by atomic mass is 10.1. The fraction of sp³-hybridized carbons (Fsp3) is 0.625. The Bertz CT molecular complexity index is 367. The predicted molar refractivity (Wildman–Crippen MR) is 75.6 cm³/mol. The lowest BCUT2D eigenvalue weighted by Gasteiger charge is -2.29. The van der Waals surface area contributed by atoms with Gasteiger partial charge in [0.2, 0.25) is 0 Å². The Hall–Kier alpha value is -0.860. The fourth-order valence-electron chi connectivity index (χ4n) is 2.24. The molecule has 1 saturated carbocycles. The second kappa shape index (κ2) is 5.85. The van der Waals surface area contributed by atoms with E-state index in [1.807, 2.05) is 12.1 Å². The van der Waals surface area contributed by atoms with Crippen molar-refractivity contribution in [2.75, 3.05) is 13.1 Å². The Morgan fingerprint density at radius 3 is 2.33 bits per heavy atom. The van der Waals surface area contributed by atoms with Crippen LogP contribution < -0.4 is 0 Å². The Balaban J connectivity index is 1.94. The maximum atomic E-state index is 10.3. The minimum atomic E-state index is -0.369. The van der Waals surface area contributed by atoms with E-state index >= 15 is 0 Å². The third-order valence-electron chi connectivity index (χ3n) is 3.79. The van der Waals surface area contributed by atoms with Crippen molar-refractivity contribution >= 4 is 0 Å². The van der Waals surface area contributed by atoms with Crippen molar-refractivity contribution in [3.05, 3.63) is 35.4 Å². The molecule has 1 aliphatic carbocycles. The van der Waals surface area contributed by atoms with Gasteiger partial charge in [-0.25, -0.2) is 0 Å². The van der Waals surface area contributed by atoms with Gasteiger partial charge >= 0.3 is 0 Å². The first-order valence-electron chi connectivity index (χ1n) is 7.05. The normalized spacial score (nSPS) is 17.4. The first-order valence-corrected chi connectivity index (χ1v) is 7.05. The van der Waals surface area contributed by atoms with Gasteiger partial charge in [0.1, 0.15) is 0 Å². The van der Waals surface area contributed by atoms with Crippen LogP contribution in [0.1, 0.15) is 43.9 Å². The van der Waals surface area contributed by atoms with Gasteiger partial charge in [0.05, 0.1) is 6.10 Å². The summed E-state index contributed by atoms with van der Waals surface area (Å²) in [6, 6.07) is 8.72. The fourth-order valence-corrected chi connectivity index (χ4v) is 2.24. The van der Waals surface area contributed by atoms with Gasteiger partial charge in [-0.1, -0.05) is 29.8 Å². The van der Waals surface area contributed by atoms with Crippen molar-refractivity contribution in [2.24, 2.45) is 5.92 Å². The van der Waals surface area contributed by atoms with Crippen LogP contribution in [0.25, 0.3) is 0 Å². The van der Waals surface area contributed by atoms with Crippen LogP contribution in [-0.2, 0) is 0 Å². The van der Waals surface area contributed by atoms with E-state index in [1.54, 1.807) is 0 Å². The molecule has 0 aromatic heterocycles. The van der Waals surface area contributed by atoms with Gasteiger partial charge in [0, 0.05) is 19.1 Å². The second-order valence-electron chi connectivity index (χ2n) is 5.92. The zero-order valence-corrected chi connectivity index (χ0v) is 11.8. The average Bonchev–Trinajstić information content (AvgIpc) is 3.12. The van der Waals surface area contributed by atoms with Crippen molar-refractivity contribution in [2.45, 2.75) is 45.8 Å². The number of rotatable bonds is 6. The van der Waals surface area contributed by atoms with Crippen molar-refractivity contribution in [3.63, 3.8) is 0 Å². The average molecular weight is 247 g/mol. The molecule has 100 valence electrons. The molecule has 1 aliphatic rings. The summed E-state index contributed by atoms with van der Waals surface area (Å²) in [6.07, 6.45) is 2.36. The molecule has 1 atom stereocenters. The van der Waals surface area contributed by atoms with E-state index in [0.717, 1.165) is 24.6 Å². The van der Waals surface area contributed by atoms with Gasteiger partial charge in [-0.3, -0.25) is 4.90 Å². The van der Waals surface area contributed by atoms with Gasteiger partial charge in [0.15, 0.2) is 0 Å². The van der Waals surface area contributed by atoms with Crippen molar-refractivity contribution in [1.29, 1.82) is 0 Å². The smallest absolute Gasteiger partial charge is 0.0917 e. The van der Waals surface area contributed by atoms with E-state index in [2.05, 4.69) is 37.8 Å². The number of aliphatic hydroxyl groups excluding tert-OH is 1. The van der Waals surface area contributed by atoms with Gasteiger partial charge in [0.25, 0.3) is 0 Å². The molecule has 1 aromatic carbocycles. The Morgan fingerprint density at radius 2 is 1.83 bits per heavy atom. The van der Waals surface area contributed by atoms with Crippen molar-refractivity contribution in [1.82, 2.24) is 4.90 Å². The largest absolute Gasteiger partial charge is 0.387 e. The van der Waals surface area contributed by atoms with Crippen molar-refractivity contribution in [3.8, 4) is 0 Å². The van der Waals surface area contributed by atoms with Gasteiger partial charge < -0.3 is 5.11 Å². The zero-order chi connectivity index (χ0) is 13.1. The molecule has 0 heterocycles. The summed E-state index contributed by atoms with van der Waals surface area (Å²) in [6.45, 7) is 8.38. The van der Waals surface area contributed by atoms with Crippen molar-refractivity contribution < 1.29 is 5.11 Å². The Labute approximate surface area is 111 Å². The molecule has 18 heavy (non-hydrogen) atoms. The maximum absolute atomic E-state index is 10.3. The molecule has 0 saturated heterocycles. The predicted octanol–water partition coefficient (Wildman–Crippen LogP) is 3.15. The van der Waals surface area contributed by atoms with E-state index < -0.39 is 0 Å². The molecular formula is C16H25NO. The molecule has 1 aromatic rings. The summed E-state index contributed by atoms with van der Waals surface area (Å²) in [5, 5.41) is 10.3. The molecule has 2 rings (SSSR count). The highest BCUT2D eigenvalue weighted by Gasteiger charge is 2.26. The first-order chi connectivity index (χ1) is 8.56. The topological polar surface area (TPSA) is 23.5 Å². The molecule has 0 bridgehead atoms. The summed E-state index contributed by atoms with van der Waals surface area (Å²) in [5.41, 5.74) is 2.27. The molecular weight excluding hydrogens is 222 g/mol. The van der Waals surface area contributed by atoms with E-state index in [9.17, 15) is 5.11 Å². The van der Waals surface area contributed by atoms with Gasteiger partial charge in [-0.15, -0.1) is 0 Å². The molecule has 2 nitrogen and oxygen atoms in total.